The standard InChI is InChI=1S/C22H22F3N7O/c23-22(24,25)15-11-14(12-27-13-15)18-9-8-17(26)20(29-18)32(16-5-2-1-3-6-16)21(33)30-19-7-4-10-28-31-19/h4,7-13,16H,1-3,5-6,26H2,(H,30,31,33). The van der Waals surface area contributed by atoms with Gasteiger partial charge in [0.2, 0.25) is 0 Å². The van der Waals surface area contributed by atoms with Crippen LogP contribution < -0.4 is 16.0 Å². The molecule has 0 unspecified atom stereocenters. The maximum Gasteiger partial charge on any atom is 0.417 e. The van der Waals surface area contributed by atoms with Crippen LogP contribution in [0.4, 0.5) is 35.3 Å². The highest BCUT2D eigenvalue weighted by atomic mass is 19.4. The first-order valence-corrected chi connectivity index (χ1v) is 10.5. The fraction of sp³-hybridized carbons (Fsp3) is 0.318. The maximum absolute atomic E-state index is 13.3. The fourth-order valence-electron chi connectivity index (χ4n) is 3.86. The maximum atomic E-state index is 13.3. The number of aromatic nitrogens is 4. The summed E-state index contributed by atoms with van der Waals surface area (Å²) in [6, 6.07) is 6.60. The van der Waals surface area contributed by atoms with Crippen LogP contribution in [0.2, 0.25) is 0 Å². The summed E-state index contributed by atoms with van der Waals surface area (Å²) >= 11 is 0. The van der Waals surface area contributed by atoms with Crippen LogP contribution >= 0.6 is 0 Å². The van der Waals surface area contributed by atoms with Gasteiger partial charge in [0.1, 0.15) is 0 Å². The molecule has 172 valence electrons. The number of nitrogens with zero attached hydrogens (tertiary/aromatic N) is 5. The molecule has 2 amide bonds. The van der Waals surface area contributed by atoms with Crippen LogP contribution in [0.3, 0.4) is 0 Å². The molecule has 4 rings (SSSR count). The molecule has 3 aromatic rings. The zero-order valence-corrected chi connectivity index (χ0v) is 17.6. The van der Waals surface area contributed by atoms with Crippen LogP contribution in [0.25, 0.3) is 11.3 Å². The third-order valence-corrected chi connectivity index (χ3v) is 5.46. The average Bonchev–Trinajstić information content (AvgIpc) is 2.81. The lowest BCUT2D eigenvalue weighted by atomic mass is 9.94. The van der Waals surface area contributed by atoms with Gasteiger partial charge in [0.05, 0.1) is 16.9 Å². The highest BCUT2D eigenvalue weighted by molar-refractivity contribution is 6.02. The Morgan fingerprint density at radius 1 is 1.12 bits per heavy atom. The van der Waals surface area contributed by atoms with Crippen molar-refractivity contribution in [1.82, 2.24) is 20.2 Å². The molecule has 1 fully saturated rings. The molecule has 0 aromatic carbocycles. The van der Waals surface area contributed by atoms with Gasteiger partial charge in [-0.1, -0.05) is 19.3 Å². The molecular formula is C22H22F3N7O. The molecule has 11 heteroatoms. The number of pyridine rings is 2. The lowest BCUT2D eigenvalue weighted by Gasteiger charge is -2.34. The van der Waals surface area contributed by atoms with Gasteiger partial charge in [0, 0.05) is 30.2 Å². The van der Waals surface area contributed by atoms with Gasteiger partial charge in [-0.2, -0.15) is 18.3 Å². The first-order valence-electron chi connectivity index (χ1n) is 10.5. The van der Waals surface area contributed by atoms with E-state index in [9.17, 15) is 18.0 Å². The highest BCUT2D eigenvalue weighted by Crippen LogP contribution is 2.34. The number of hydrogen-bond donors (Lipinski definition) is 2. The van der Waals surface area contributed by atoms with E-state index in [1.165, 1.54) is 29.4 Å². The Bertz CT molecular complexity index is 1120. The minimum Gasteiger partial charge on any atom is -0.396 e. The zero-order valence-electron chi connectivity index (χ0n) is 17.6. The molecule has 3 aromatic heterocycles. The number of nitrogens with two attached hydrogens (primary N) is 1. The number of carbonyl (C=O) groups is 1. The molecule has 0 saturated heterocycles. The van der Waals surface area contributed by atoms with Crippen LogP contribution in [0, 0.1) is 0 Å². The van der Waals surface area contributed by atoms with Crippen molar-refractivity contribution < 1.29 is 18.0 Å². The molecule has 1 aliphatic carbocycles. The molecule has 0 bridgehead atoms. The largest absolute Gasteiger partial charge is 0.417 e. The minimum atomic E-state index is -4.54. The van der Waals surface area contributed by atoms with Crippen molar-refractivity contribution in [3.05, 3.63) is 54.5 Å². The van der Waals surface area contributed by atoms with Crippen molar-refractivity contribution in [2.45, 2.75) is 44.3 Å². The fourth-order valence-corrected chi connectivity index (χ4v) is 3.86. The number of rotatable bonds is 4. The van der Waals surface area contributed by atoms with E-state index in [1.54, 1.807) is 12.1 Å². The quantitative estimate of drug-likeness (QED) is 0.576. The summed E-state index contributed by atoms with van der Waals surface area (Å²) in [4.78, 5) is 23.0. The monoisotopic (exact) mass is 457 g/mol. The molecule has 0 radical (unpaired) electrons. The lowest BCUT2D eigenvalue weighted by molar-refractivity contribution is -0.137. The van der Waals surface area contributed by atoms with Gasteiger partial charge >= 0.3 is 12.2 Å². The molecule has 0 atom stereocenters. The topological polar surface area (TPSA) is 110 Å². The van der Waals surface area contributed by atoms with Crippen molar-refractivity contribution in [1.29, 1.82) is 0 Å². The number of amides is 2. The summed E-state index contributed by atoms with van der Waals surface area (Å²) in [5.41, 5.74) is 5.95. The molecule has 1 saturated carbocycles. The Hall–Kier alpha value is -3.76. The summed E-state index contributed by atoms with van der Waals surface area (Å²) in [7, 11) is 0. The van der Waals surface area contributed by atoms with Crippen LogP contribution in [0.1, 0.15) is 37.7 Å². The lowest BCUT2D eigenvalue weighted by Crippen LogP contribution is -2.45. The van der Waals surface area contributed by atoms with Gasteiger partial charge in [0.15, 0.2) is 11.6 Å². The van der Waals surface area contributed by atoms with E-state index in [4.69, 9.17) is 5.73 Å². The van der Waals surface area contributed by atoms with Crippen molar-refractivity contribution in [2.24, 2.45) is 0 Å². The van der Waals surface area contributed by atoms with Gasteiger partial charge in [-0.15, -0.1) is 5.10 Å². The number of anilines is 3. The van der Waals surface area contributed by atoms with E-state index in [0.29, 0.717) is 0 Å². The smallest absolute Gasteiger partial charge is 0.396 e. The summed E-state index contributed by atoms with van der Waals surface area (Å²) in [5.74, 6) is 0.443. The van der Waals surface area contributed by atoms with Gasteiger partial charge in [-0.3, -0.25) is 15.2 Å². The molecule has 0 aliphatic heterocycles. The van der Waals surface area contributed by atoms with Crippen molar-refractivity contribution in [3.8, 4) is 11.3 Å². The third kappa shape index (κ3) is 5.18. The van der Waals surface area contributed by atoms with E-state index in [1.807, 2.05) is 0 Å². The summed E-state index contributed by atoms with van der Waals surface area (Å²) in [6.07, 6.45) is 3.45. The predicted molar refractivity (Wildman–Crippen MR) is 117 cm³/mol. The second kappa shape index (κ2) is 9.39. The van der Waals surface area contributed by atoms with E-state index >= 15 is 0 Å². The van der Waals surface area contributed by atoms with E-state index in [2.05, 4.69) is 25.5 Å². The SMILES string of the molecule is Nc1ccc(-c2cncc(C(F)(F)F)c2)nc1N(C(=O)Nc1cccnn1)C1CCCCC1. The Balaban J connectivity index is 1.73. The number of nitrogens with one attached hydrogen (secondary N) is 1. The number of halogens is 3. The highest BCUT2D eigenvalue weighted by Gasteiger charge is 2.32. The van der Waals surface area contributed by atoms with Gasteiger partial charge in [-0.25, -0.2) is 9.78 Å². The number of urea groups is 1. The first kappa shape index (κ1) is 22.4. The molecule has 1 aliphatic rings. The van der Waals surface area contributed by atoms with Crippen molar-refractivity contribution >= 4 is 23.4 Å². The van der Waals surface area contributed by atoms with Crippen LogP contribution in [-0.2, 0) is 6.18 Å². The Morgan fingerprint density at radius 2 is 1.91 bits per heavy atom. The first-order chi connectivity index (χ1) is 15.8. The summed E-state index contributed by atoms with van der Waals surface area (Å²) in [6.45, 7) is 0. The normalized spacial score (nSPS) is 14.6. The van der Waals surface area contributed by atoms with Crippen molar-refractivity contribution in [3.63, 3.8) is 0 Å². The zero-order chi connectivity index (χ0) is 23.4. The minimum absolute atomic E-state index is 0.167. The molecule has 3 N–H and O–H groups in total. The predicted octanol–water partition coefficient (Wildman–Crippen LogP) is 4.91. The van der Waals surface area contributed by atoms with E-state index < -0.39 is 17.8 Å². The van der Waals surface area contributed by atoms with Gasteiger partial charge < -0.3 is 5.73 Å². The summed E-state index contributed by atoms with van der Waals surface area (Å²) in [5, 5.41) is 10.4. The number of nitrogen functional groups attached to an aromatic ring is 1. The van der Waals surface area contributed by atoms with Crippen LogP contribution in [-0.4, -0.2) is 32.2 Å². The van der Waals surface area contributed by atoms with Crippen molar-refractivity contribution in [2.75, 3.05) is 16.0 Å². The third-order valence-electron chi connectivity index (χ3n) is 5.46. The Labute approximate surface area is 188 Å². The Morgan fingerprint density at radius 3 is 2.61 bits per heavy atom. The molecule has 0 spiro atoms. The molecule has 33 heavy (non-hydrogen) atoms. The number of hydrogen-bond acceptors (Lipinski definition) is 6. The van der Waals surface area contributed by atoms with Gasteiger partial charge in [0.25, 0.3) is 0 Å². The number of alkyl halides is 3. The summed E-state index contributed by atoms with van der Waals surface area (Å²) < 4.78 is 39.5. The molecule has 3 heterocycles. The van der Waals surface area contributed by atoms with Gasteiger partial charge in [-0.05, 0) is 43.2 Å². The Kier molecular flexibility index (Phi) is 6.38. The second-order valence-corrected chi connectivity index (χ2v) is 7.77. The van der Waals surface area contributed by atoms with Crippen LogP contribution in [0.5, 0.6) is 0 Å². The van der Waals surface area contributed by atoms with E-state index in [0.717, 1.165) is 44.4 Å². The van der Waals surface area contributed by atoms with E-state index in [-0.39, 0.29) is 34.6 Å². The molecule has 8 nitrogen and oxygen atoms in total. The number of carbonyl (C=O) groups excluding carboxylic acids is 1. The molecular weight excluding hydrogens is 435 g/mol. The van der Waals surface area contributed by atoms with Crippen LogP contribution in [0.15, 0.2) is 48.9 Å². The average molecular weight is 457 g/mol. The second-order valence-electron chi connectivity index (χ2n) is 7.77.